The van der Waals surface area contributed by atoms with Crippen molar-refractivity contribution < 1.29 is 9.18 Å². The zero-order chi connectivity index (χ0) is 15.9. The quantitative estimate of drug-likeness (QED) is 0.847. The largest absolute Gasteiger partial charge is 0.354 e. The molecule has 2 aromatic rings. The third kappa shape index (κ3) is 6.00. The van der Waals surface area contributed by atoms with Crippen molar-refractivity contribution in [2.24, 2.45) is 5.73 Å². The van der Waals surface area contributed by atoms with E-state index >= 15 is 0 Å². The van der Waals surface area contributed by atoms with Crippen molar-refractivity contribution in [1.29, 1.82) is 0 Å². The van der Waals surface area contributed by atoms with Crippen molar-refractivity contribution in [3.05, 3.63) is 71.5 Å². The van der Waals surface area contributed by atoms with E-state index in [2.05, 4.69) is 5.32 Å². The monoisotopic (exact) mass is 336 g/mol. The molecule has 2 rings (SSSR count). The summed E-state index contributed by atoms with van der Waals surface area (Å²) in [6.07, 6.45) is 0.310. The number of rotatable bonds is 6. The van der Waals surface area contributed by atoms with E-state index in [-0.39, 0.29) is 36.1 Å². The van der Waals surface area contributed by atoms with Gasteiger partial charge in [-0.1, -0.05) is 49.4 Å². The molecule has 0 spiro atoms. The number of amides is 1. The molecular weight excluding hydrogens is 315 g/mol. The second-order valence-corrected chi connectivity index (χ2v) is 5.48. The Labute approximate surface area is 142 Å². The molecule has 0 aliphatic carbocycles. The minimum Gasteiger partial charge on any atom is -0.354 e. The average molecular weight is 337 g/mol. The van der Waals surface area contributed by atoms with Gasteiger partial charge in [0.05, 0.1) is 0 Å². The maximum Gasteiger partial charge on any atom is 0.220 e. The van der Waals surface area contributed by atoms with Crippen molar-refractivity contribution >= 4 is 18.3 Å². The second kappa shape index (κ2) is 9.28. The lowest BCUT2D eigenvalue weighted by Crippen LogP contribution is -2.32. The minimum absolute atomic E-state index is 0. The Morgan fingerprint density at radius 1 is 1.13 bits per heavy atom. The normalized spacial score (nSPS) is 12.8. The number of benzene rings is 2. The number of carbonyl (C=O) groups excluding carboxylic acids is 1. The summed E-state index contributed by atoms with van der Waals surface area (Å²) < 4.78 is 13.2. The molecule has 3 N–H and O–H groups in total. The molecule has 0 fully saturated rings. The Bertz CT molecular complexity index is 621. The maximum absolute atomic E-state index is 13.2. The zero-order valence-corrected chi connectivity index (χ0v) is 13.9. The summed E-state index contributed by atoms with van der Waals surface area (Å²) >= 11 is 0. The highest BCUT2D eigenvalue weighted by atomic mass is 35.5. The maximum atomic E-state index is 13.2. The number of halogens is 2. The lowest BCUT2D eigenvalue weighted by atomic mass is 9.97. The molecule has 0 saturated heterocycles. The van der Waals surface area contributed by atoms with E-state index < -0.39 is 0 Å². The van der Waals surface area contributed by atoms with Crippen LogP contribution in [0.4, 0.5) is 4.39 Å². The van der Waals surface area contributed by atoms with Crippen LogP contribution in [0, 0.1) is 5.82 Å². The molecule has 3 nitrogen and oxygen atoms in total. The molecule has 0 saturated carbocycles. The van der Waals surface area contributed by atoms with Gasteiger partial charge >= 0.3 is 0 Å². The van der Waals surface area contributed by atoms with Crippen LogP contribution in [0.1, 0.15) is 36.4 Å². The van der Waals surface area contributed by atoms with Crippen LogP contribution in [0.5, 0.6) is 0 Å². The number of nitrogens with two attached hydrogens (primary N) is 1. The van der Waals surface area contributed by atoms with Crippen LogP contribution in [0.3, 0.4) is 0 Å². The predicted octanol–water partition coefficient (Wildman–Crippen LogP) is 3.56. The van der Waals surface area contributed by atoms with Gasteiger partial charge in [0.1, 0.15) is 5.82 Å². The highest BCUT2D eigenvalue weighted by molar-refractivity contribution is 5.85. The predicted molar refractivity (Wildman–Crippen MR) is 93.1 cm³/mol. The van der Waals surface area contributed by atoms with Gasteiger partial charge in [-0.15, -0.1) is 12.4 Å². The molecule has 2 atom stereocenters. The first-order valence-electron chi connectivity index (χ1n) is 7.39. The van der Waals surface area contributed by atoms with E-state index in [4.69, 9.17) is 5.73 Å². The third-order valence-electron chi connectivity index (χ3n) is 3.66. The van der Waals surface area contributed by atoms with E-state index in [0.717, 1.165) is 11.1 Å². The van der Waals surface area contributed by atoms with Crippen LogP contribution in [0.15, 0.2) is 54.6 Å². The lowest BCUT2D eigenvalue weighted by molar-refractivity contribution is -0.121. The van der Waals surface area contributed by atoms with Gasteiger partial charge in [-0.25, -0.2) is 4.39 Å². The number of carbonyl (C=O) groups is 1. The molecule has 2 unspecified atom stereocenters. The van der Waals surface area contributed by atoms with Crippen LogP contribution in [0.2, 0.25) is 0 Å². The van der Waals surface area contributed by atoms with Gasteiger partial charge < -0.3 is 11.1 Å². The van der Waals surface area contributed by atoms with Crippen LogP contribution < -0.4 is 11.1 Å². The van der Waals surface area contributed by atoms with Gasteiger partial charge in [-0.3, -0.25) is 4.79 Å². The van der Waals surface area contributed by atoms with E-state index in [1.54, 1.807) is 6.07 Å². The highest BCUT2D eigenvalue weighted by Gasteiger charge is 2.13. The molecule has 0 aromatic heterocycles. The Morgan fingerprint density at radius 3 is 2.43 bits per heavy atom. The van der Waals surface area contributed by atoms with Crippen molar-refractivity contribution in [3.63, 3.8) is 0 Å². The standard InChI is InChI=1S/C18H21FN2O.ClH/c1-13(15-8-5-9-16(19)11-15)10-18(22)21-12-17(20)14-6-3-2-4-7-14;/h2-9,11,13,17H,10,12,20H2,1H3,(H,21,22);1H. The van der Waals surface area contributed by atoms with Gasteiger partial charge in [0, 0.05) is 19.0 Å². The Morgan fingerprint density at radius 2 is 1.78 bits per heavy atom. The first kappa shape index (κ1) is 19.1. The molecular formula is C18H22ClFN2O. The Kier molecular flexibility index (Phi) is 7.72. The van der Waals surface area contributed by atoms with E-state index in [0.29, 0.717) is 13.0 Å². The van der Waals surface area contributed by atoms with Gasteiger partial charge in [0.15, 0.2) is 0 Å². The van der Waals surface area contributed by atoms with E-state index in [1.807, 2.05) is 43.3 Å². The van der Waals surface area contributed by atoms with E-state index in [1.165, 1.54) is 12.1 Å². The first-order valence-corrected chi connectivity index (χ1v) is 7.39. The minimum atomic E-state index is -0.282. The zero-order valence-electron chi connectivity index (χ0n) is 13.0. The van der Waals surface area contributed by atoms with E-state index in [9.17, 15) is 9.18 Å². The Balaban J connectivity index is 0.00000264. The molecule has 2 aromatic carbocycles. The van der Waals surface area contributed by atoms with Gasteiger partial charge in [0.25, 0.3) is 0 Å². The summed E-state index contributed by atoms with van der Waals surface area (Å²) in [5, 5.41) is 2.84. The SMILES string of the molecule is CC(CC(=O)NCC(N)c1ccccc1)c1cccc(F)c1.Cl. The summed E-state index contributed by atoms with van der Waals surface area (Å²) in [6.45, 7) is 2.30. The van der Waals surface area contributed by atoms with Crippen LogP contribution in [-0.4, -0.2) is 12.5 Å². The fourth-order valence-electron chi connectivity index (χ4n) is 2.32. The summed E-state index contributed by atoms with van der Waals surface area (Å²) in [6, 6.07) is 15.8. The van der Waals surface area contributed by atoms with Crippen molar-refractivity contribution in [2.75, 3.05) is 6.54 Å². The van der Waals surface area contributed by atoms with Gasteiger partial charge in [-0.2, -0.15) is 0 Å². The molecule has 0 aliphatic rings. The number of nitrogens with one attached hydrogen (secondary N) is 1. The summed E-state index contributed by atoms with van der Waals surface area (Å²) in [5.41, 5.74) is 7.85. The fraction of sp³-hybridized carbons (Fsp3) is 0.278. The highest BCUT2D eigenvalue weighted by Crippen LogP contribution is 2.19. The molecule has 0 aliphatic heterocycles. The molecule has 0 bridgehead atoms. The molecule has 1 amide bonds. The molecule has 124 valence electrons. The van der Waals surface area contributed by atoms with Gasteiger partial charge in [-0.05, 0) is 29.2 Å². The lowest BCUT2D eigenvalue weighted by Gasteiger charge is -2.15. The van der Waals surface area contributed by atoms with Gasteiger partial charge in [0.2, 0.25) is 5.91 Å². The summed E-state index contributed by atoms with van der Waals surface area (Å²) in [7, 11) is 0. The van der Waals surface area contributed by atoms with Crippen molar-refractivity contribution in [1.82, 2.24) is 5.32 Å². The average Bonchev–Trinajstić information content (AvgIpc) is 2.53. The topological polar surface area (TPSA) is 55.1 Å². The molecule has 0 radical (unpaired) electrons. The smallest absolute Gasteiger partial charge is 0.220 e. The summed E-state index contributed by atoms with van der Waals surface area (Å²) in [4.78, 5) is 12.0. The van der Waals surface area contributed by atoms with Crippen LogP contribution in [-0.2, 0) is 4.79 Å². The molecule has 5 heteroatoms. The van der Waals surface area contributed by atoms with Crippen LogP contribution in [0.25, 0.3) is 0 Å². The Hall–Kier alpha value is -1.91. The fourth-order valence-corrected chi connectivity index (χ4v) is 2.32. The van der Waals surface area contributed by atoms with Crippen LogP contribution >= 0.6 is 12.4 Å². The first-order chi connectivity index (χ1) is 10.6. The van der Waals surface area contributed by atoms with Crippen molar-refractivity contribution in [3.8, 4) is 0 Å². The number of hydrogen-bond acceptors (Lipinski definition) is 2. The number of hydrogen-bond donors (Lipinski definition) is 2. The van der Waals surface area contributed by atoms with Crippen molar-refractivity contribution in [2.45, 2.75) is 25.3 Å². The molecule has 23 heavy (non-hydrogen) atoms. The summed E-state index contributed by atoms with van der Waals surface area (Å²) in [5.74, 6) is -0.400. The molecule has 0 heterocycles. The second-order valence-electron chi connectivity index (χ2n) is 5.48. The third-order valence-corrected chi connectivity index (χ3v) is 3.66.